The lowest BCUT2D eigenvalue weighted by atomic mass is 10.2. The van der Waals surface area contributed by atoms with Gasteiger partial charge in [0.2, 0.25) is 0 Å². The van der Waals surface area contributed by atoms with Crippen molar-refractivity contribution in [2.45, 2.75) is 13.8 Å². The first-order chi connectivity index (χ1) is 7.15. The number of anilines is 2. The summed E-state index contributed by atoms with van der Waals surface area (Å²) in [7, 11) is 1.98. The molecule has 0 saturated carbocycles. The van der Waals surface area contributed by atoms with E-state index in [1.165, 1.54) is 0 Å². The van der Waals surface area contributed by atoms with Gasteiger partial charge in [0.05, 0.1) is 6.61 Å². The van der Waals surface area contributed by atoms with Crippen LogP contribution in [-0.2, 0) is 4.74 Å². The van der Waals surface area contributed by atoms with Crippen molar-refractivity contribution >= 4 is 11.5 Å². The molecule has 0 aliphatic rings. The van der Waals surface area contributed by atoms with E-state index >= 15 is 0 Å². The minimum absolute atomic E-state index is 0.711. The Morgan fingerprint density at radius 2 is 2.27 bits per heavy atom. The molecule has 0 atom stereocenters. The molecule has 15 heavy (non-hydrogen) atoms. The van der Waals surface area contributed by atoms with Crippen molar-refractivity contribution in [2.75, 3.05) is 37.4 Å². The highest BCUT2D eigenvalue weighted by atomic mass is 16.5. The van der Waals surface area contributed by atoms with Crippen LogP contribution in [0.15, 0.2) is 12.3 Å². The third-order valence-corrected chi connectivity index (χ3v) is 2.30. The van der Waals surface area contributed by atoms with Gasteiger partial charge in [-0.3, -0.25) is 0 Å². The molecule has 84 valence electrons. The van der Waals surface area contributed by atoms with E-state index in [1.54, 1.807) is 6.20 Å². The molecule has 1 aromatic heterocycles. The number of nitrogen functional groups attached to an aromatic ring is 1. The Labute approximate surface area is 91.1 Å². The van der Waals surface area contributed by atoms with E-state index in [9.17, 15) is 0 Å². The van der Waals surface area contributed by atoms with Crippen molar-refractivity contribution in [3.63, 3.8) is 0 Å². The van der Waals surface area contributed by atoms with Gasteiger partial charge in [-0.15, -0.1) is 0 Å². The Kier molecular flexibility index (Phi) is 4.37. The number of aryl methyl sites for hydroxylation is 1. The lowest BCUT2D eigenvalue weighted by Crippen LogP contribution is -2.23. The molecule has 0 radical (unpaired) electrons. The Hall–Kier alpha value is -1.29. The van der Waals surface area contributed by atoms with Crippen molar-refractivity contribution in [2.24, 2.45) is 0 Å². The second-order valence-corrected chi connectivity index (χ2v) is 3.52. The summed E-state index contributed by atoms with van der Waals surface area (Å²) < 4.78 is 5.28. The van der Waals surface area contributed by atoms with Crippen LogP contribution in [0.1, 0.15) is 12.5 Å². The van der Waals surface area contributed by atoms with Crippen LogP contribution in [0, 0.1) is 6.92 Å². The molecule has 1 aromatic rings. The van der Waals surface area contributed by atoms with Crippen LogP contribution < -0.4 is 10.6 Å². The summed E-state index contributed by atoms with van der Waals surface area (Å²) >= 11 is 0. The van der Waals surface area contributed by atoms with E-state index in [0.717, 1.165) is 30.2 Å². The molecule has 1 rings (SSSR count). The fourth-order valence-corrected chi connectivity index (χ4v) is 1.20. The highest BCUT2D eigenvalue weighted by Crippen LogP contribution is 2.16. The first kappa shape index (κ1) is 11.8. The van der Waals surface area contributed by atoms with Gasteiger partial charge in [0, 0.05) is 38.1 Å². The third kappa shape index (κ3) is 3.40. The number of nitrogens with zero attached hydrogens (tertiary/aromatic N) is 2. The number of likely N-dealkylation sites (N-methyl/N-ethyl adjacent to an activating group) is 1. The normalized spacial score (nSPS) is 10.3. The summed E-state index contributed by atoms with van der Waals surface area (Å²) in [5, 5.41) is 0. The molecule has 0 aromatic carbocycles. The number of aromatic nitrogens is 1. The highest BCUT2D eigenvalue weighted by molar-refractivity contribution is 5.54. The summed E-state index contributed by atoms with van der Waals surface area (Å²) in [5.74, 6) is 0.887. The molecule has 0 bridgehead atoms. The van der Waals surface area contributed by atoms with Crippen LogP contribution in [0.2, 0.25) is 0 Å². The summed E-state index contributed by atoms with van der Waals surface area (Å²) in [4.78, 5) is 6.34. The predicted octanol–water partition coefficient (Wildman–Crippen LogP) is 1.44. The van der Waals surface area contributed by atoms with Crippen LogP contribution in [0.5, 0.6) is 0 Å². The Bertz CT molecular complexity index is 315. The molecule has 0 fully saturated rings. The number of nitrogens with two attached hydrogens (primary N) is 1. The monoisotopic (exact) mass is 209 g/mol. The van der Waals surface area contributed by atoms with Gasteiger partial charge in [-0.1, -0.05) is 0 Å². The van der Waals surface area contributed by atoms with Crippen molar-refractivity contribution < 1.29 is 4.74 Å². The molecule has 0 spiro atoms. The van der Waals surface area contributed by atoms with Gasteiger partial charge < -0.3 is 15.4 Å². The molecule has 0 amide bonds. The number of hydrogen-bond acceptors (Lipinski definition) is 4. The summed E-state index contributed by atoms with van der Waals surface area (Å²) in [6.07, 6.45) is 1.79. The van der Waals surface area contributed by atoms with Crippen molar-refractivity contribution in [3.05, 3.63) is 17.8 Å². The topological polar surface area (TPSA) is 51.4 Å². The molecular weight excluding hydrogens is 190 g/mol. The SMILES string of the molecule is CCOCCN(C)c1cc(N)c(C)cn1. The smallest absolute Gasteiger partial charge is 0.130 e. The second-order valence-electron chi connectivity index (χ2n) is 3.52. The molecule has 0 aliphatic carbocycles. The van der Waals surface area contributed by atoms with Gasteiger partial charge in [-0.2, -0.15) is 0 Å². The summed E-state index contributed by atoms with van der Waals surface area (Å²) in [5.41, 5.74) is 7.61. The van der Waals surface area contributed by atoms with E-state index in [-0.39, 0.29) is 0 Å². The zero-order valence-corrected chi connectivity index (χ0v) is 9.66. The quantitative estimate of drug-likeness (QED) is 0.746. The largest absolute Gasteiger partial charge is 0.398 e. The standard InChI is InChI=1S/C11H19N3O/c1-4-15-6-5-14(3)11-7-10(12)9(2)8-13-11/h7-8H,4-6H2,1-3H3,(H2,12,13). The van der Waals surface area contributed by atoms with E-state index in [2.05, 4.69) is 4.98 Å². The maximum absolute atomic E-state index is 5.82. The van der Waals surface area contributed by atoms with Crippen molar-refractivity contribution in [1.82, 2.24) is 4.98 Å². The van der Waals surface area contributed by atoms with Crippen LogP contribution in [0.4, 0.5) is 11.5 Å². The Morgan fingerprint density at radius 1 is 1.53 bits per heavy atom. The van der Waals surface area contributed by atoms with Crippen LogP contribution >= 0.6 is 0 Å². The van der Waals surface area contributed by atoms with Gasteiger partial charge >= 0.3 is 0 Å². The lowest BCUT2D eigenvalue weighted by Gasteiger charge is -2.18. The molecule has 0 unspecified atom stereocenters. The minimum atomic E-state index is 0.711. The number of ether oxygens (including phenoxy) is 1. The maximum atomic E-state index is 5.82. The van der Waals surface area contributed by atoms with Gasteiger partial charge in [-0.05, 0) is 19.4 Å². The minimum Gasteiger partial charge on any atom is -0.398 e. The van der Waals surface area contributed by atoms with E-state index in [1.807, 2.05) is 31.9 Å². The molecular formula is C11H19N3O. The van der Waals surface area contributed by atoms with Gasteiger partial charge in [0.25, 0.3) is 0 Å². The van der Waals surface area contributed by atoms with E-state index in [4.69, 9.17) is 10.5 Å². The summed E-state index contributed by atoms with van der Waals surface area (Å²) in [6.45, 7) is 6.22. The first-order valence-electron chi connectivity index (χ1n) is 5.16. The fourth-order valence-electron chi connectivity index (χ4n) is 1.20. The van der Waals surface area contributed by atoms with Gasteiger partial charge in [0.1, 0.15) is 5.82 Å². The number of rotatable bonds is 5. The van der Waals surface area contributed by atoms with Crippen LogP contribution in [0.3, 0.4) is 0 Å². The molecule has 0 aliphatic heterocycles. The highest BCUT2D eigenvalue weighted by Gasteiger charge is 2.03. The van der Waals surface area contributed by atoms with Crippen molar-refractivity contribution in [1.29, 1.82) is 0 Å². The first-order valence-corrected chi connectivity index (χ1v) is 5.16. The maximum Gasteiger partial charge on any atom is 0.130 e. The van der Waals surface area contributed by atoms with Crippen LogP contribution in [-0.4, -0.2) is 31.8 Å². The van der Waals surface area contributed by atoms with Crippen LogP contribution in [0.25, 0.3) is 0 Å². The molecule has 0 saturated heterocycles. The predicted molar refractivity (Wildman–Crippen MR) is 63.1 cm³/mol. The zero-order chi connectivity index (χ0) is 11.3. The van der Waals surface area contributed by atoms with Gasteiger partial charge in [0.15, 0.2) is 0 Å². The Balaban J connectivity index is 2.57. The molecule has 4 heteroatoms. The third-order valence-electron chi connectivity index (χ3n) is 2.30. The number of hydrogen-bond donors (Lipinski definition) is 1. The van der Waals surface area contributed by atoms with Gasteiger partial charge in [-0.25, -0.2) is 4.98 Å². The Morgan fingerprint density at radius 3 is 2.87 bits per heavy atom. The van der Waals surface area contributed by atoms with E-state index < -0.39 is 0 Å². The average Bonchev–Trinajstić information content (AvgIpc) is 2.22. The fraction of sp³-hybridized carbons (Fsp3) is 0.545. The zero-order valence-electron chi connectivity index (χ0n) is 9.66. The molecule has 2 N–H and O–H groups in total. The molecule has 1 heterocycles. The van der Waals surface area contributed by atoms with E-state index in [0.29, 0.717) is 6.61 Å². The number of pyridine rings is 1. The second kappa shape index (κ2) is 5.56. The molecule has 4 nitrogen and oxygen atoms in total. The average molecular weight is 209 g/mol. The van der Waals surface area contributed by atoms with Crippen molar-refractivity contribution in [3.8, 4) is 0 Å². The summed E-state index contributed by atoms with van der Waals surface area (Å²) in [6, 6.07) is 1.89. The lowest BCUT2D eigenvalue weighted by molar-refractivity contribution is 0.154.